The minimum atomic E-state index is -5.17. The molecule has 13 heavy (non-hydrogen) atoms. The topological polar surface area (TPSA) is 161 Å². The second-order valence-corrected chi connectivity index (χ2v) is 2.45. The van der Waals surface area contributed by atoms with Crippen molar-refractivity contribution in [3.05, 3.63) is 0 Å². The van der Waals surface area contributed by atoms with E-state index in [1.54, 1.807) is 0 Å². The standard InChI is InChI=1S/2Na.2H2O4S.Pd/c;;2*1-5(2,3)4;/h;;2*(H2,1,2,3,4);/q2*+1;;;+2/p-4. The summed E-state index contributed by atoms with van der Waals surface area (Å²) in [6.07, 6.45) is 0. The molecule has 0 aliphatic carbocycles. The molecule has 0 aromatic rings. The van der Waals surface area contributed by atoms with E-state index in [0.29, 0.717) is 0 Å². The van der Waals surface area contributed by atoms with E-state index in [4.69, 9.17) is 35.0 Å². The van der Waals surface area contributed by atoms with Crippen molar-refractivity contribution < 1.29 is 115 Å². The third kappa shape index (κ3) is 384. The molecule has 0 aliphatic rings. The molecule has 0 bridgehead atoms. The van der Waals surface area contributed by atoms with Crippen LogP contribution < -0.4 is 59.1 Å². The minimum Gasteiger partial charge on any atom is -0.759 e. The third-order valence-corrected chi connectivity index (χ3v) is 0. The van der Waals surface area contributed by atoms with Crippen LogP contribution in [-0.4, -0.2) is 35.0 Å². The van der Waals surface area contributed by atoms with E-state index in [1.807, 2.05) is 0 Å². The van der Waals surface area contributed by atoms with Crippen LogP contribution in [0.25, 0.3) is 0 Å². The molecular weight excluding hydrogens is 345 g/mol. The first-order valence-electron chi connectivity index (χ1n) is 1.33. The van der Waals surface area contributed by atoms with Crippen LogP contribution >= 0.6 is 0 Å². The van der Waals surface area contributed by atoms with Crippen LogP contribution in [0.15, 0.2) is 0 Å². The summed E-state index contributed by atoms with van der Waals surface area (Å²) in [5.41, 5.74) is 0. The van der Waals surface area contributed by atoms with Crippen LogP contribution in [0.2, 0.25) is 0 Å². The first kappa shape index (κ1) is 29.5. The van der Waals surface area contributed by atoms with Crippen molar-refractivity contribution in [2.24, 2.45) is 0 Å². The maximum atomic E-state index is 8.52. The summed E-state index contributed by atoms with van der Waals surface area (Å²) in [5.74, 6) is 0. The SMILES string of the molecule is O=S(=O)([O-])[O-].O=S(=O)([O-])[O-].[Na+].[Na+].[Pd+2]. The second-order valence-electron chi connectivity index (χ2n) is 0.816. The molecule has 0 unspecified atom stereocenters. The van der Waals surface area contributed by atoms with Gasteiger partial charge in [0.15, 0.2) is 0 Å². The van der Waals surface area contributed by atoms with Crippen LogP contribution in [-0.2, 0) is 41.2 Å². The van der Waals surface area contributed by atoms with Crippen molar-refractivity contribution in [3.8, 4) is 0 Å². The molecule has 0 aromatic carbocycles. The maximum absolute atomic E-state index is 8.52. The van der Waals surface area contributed by atoms with Gasteiger partial charge in [0, 0.05) is 20.8 Å². The second kappa shape index (κ2) is 12.5. The monoisotopic (exact) mass is 344 g/mol. The summed E-state index contributed by atoms with van der Waals surface area (Å²) in [5, 5.41) is 0. The molecule has 0 amide bonds. The Morgan fingerprint density at radius 2 is 0.615 bits per heavy atom. The summed E-state index contributed by atoms with van der Waals surface area (Å²) < 4.78 is 68.2. The fraction of sp³-hybridized carbons (Fsp3) is 0. The summed E-state index contributed by atoms with van der Waals surface area (Å²) in [6.45, 7) is 0. The molecule has 0 aromatic heterocycles. The van der Waals surface area contributed by atoms with Gasteiger partial charge >= 0.3 is 79.5 Å². The molecule has 0 heterocycles. The Morgan fingerprint density at radius 1 is 0.615 bits per heavy atom. The molecule has 0 atom stereocenters. The normalized spacial score (nSPS) is 8.92. The Morgan fingerprint density at radius 3 is 0.615 bits per heavy atom. The zero-order valence-corrected chi connectivity index (χ0v) is 13.6. The predicted octanol–water partition coefficient (Wildman–Crippen LogP) is -8.67. The molecule has 0 spiro atoms. The summed E-state index contributed by atoms with van der Waals surface area (Å²) in [7, 11) is -10.3. The van der Waals surface area contributed by atoms with E-state index in [-0.39, 0.29) is 79.5 Å². The smallest absolute Gasteiger partial charge is 0.759 e. The fourth-order valence-electron chi connectivity index (χ4n) is 0. The Labute approximate surface area is 133 Å². The van der Waals surface area contributed by atoms with E-state index >= 15 is 0 Å². The zero-order chi connectivity index (χ0) is 9.00. The molecule has 72 valence electrons. The van der Waals surface area contributed by atoms with Crippen LogP contribution in [0.3, 0.4) is 0 Å². The van der Waals surface area contributed by atoms with Gasteiger partial charge < -0.3 is 18.2 Å². The fourth-order valence-corrected chi connectivity index (χ4v) is 0. The molecule has 8 nitrogen and oxygen atoms in total. The molecular formula is Na2O8PdS2. The molecule has 0 fully saturated rings. The van der Waals surface area contributed by atoms with Gasteiger partial charge in [0.2, 0.25) is 0 Å². The van der Waals surface area contributed by atoms with Crippen molar-refractivity contribution >= 4 is 20.8 Å². The number of rotatable bonds is 0. The predicted molar refractivity (Wildman–Crippen MR) is 20.9 cm³/mol. The molecule has 0 aliphatic heterocycles. The van der Waals surface area contributed by atoms with E-state index in [0.717, 1.165) is 0 Å². The van der Waals surface area contributed by atoms with Gasteiger partial charge in [0.05, 0.1) is 0 Å². The average molecular weight is 345 g/mol. The van der Waals surface area contributed by atoms with Crippen molar-refractivity contribution in [1.82, 2.24) is 0 Å². The first-order chi connectivity index (χ1) is 4.00. The molecule has 0 N–H and O–H groups in total. The first-order valence-corrected chi connectivity index (χ1v) is 4.00. The Kier molecular flexibility index (Phi) is 28.3. The van der Waals surface area contributed by atoms with Crippen molar-refractivity contribution in [1.29, 1.82) is 0 Å². The van der Waals surface area contributed by atoms with E-state index in [9.17, 15) is 0 Å². The van der Waals surface area contributed by atoms with Gasteiger partial charge in [-0.3, -0.25) is 16.8 Å². The van der Waals surface area contributed by atoms with Gasteiger partial charge in [-0.15, -0.1) is 0 Å². The number of hydrogen-bond donors (Lipinski definition) is 0. The van der Waals surface area contributed by atoms with Crippen LogP contribution in [0, 0.1) is 0 Å². The van der Waals surface area contributed by atoms with Crippen molar-refractivity contribution in [2.45, 2.75) is 0 Å². The van der Waals surface area contributed by atoms with E-state index in [2.05, 4.69) is 0 Å². The van der Waals surface area contributed by atoms with Gasteiger partial charge in [-0.05, 0) is 0 Å². The molecule has 0 rings (SSSR count). The Bertz CT molecular complexity index is 217. The summed E-state index contributed by atoms with van der Waals surface area (Å²) in [6, 6.07) is 0. The summed E-state index contributed by atoms with van der Waals surface area (Å²) in [4.78, 5) is 0. The van der Waals surface area contributed by atoms with Crippen molar-refractivity contribution in [2.75, 3.05) is 0 Å². The average Bonchev–Trinajstić information content (AvgIpc) is 1.12. The maximum Gasteiger partial charge on any atom is 2.00 e. The molecule has 0 radical (unpaired) electrons. The van der Waals surface area contributed by atoms with E-state index < -0.39 is 20.8 Å². The Balaban J connectivity index is -0.0000000267. The van der Waals surface area contributed by atoms with Crippen LogP contribution in [0.4, 0.5) is 0 Å². The van der Waals surface area contributed by atoms with Gasteiger partial charge in [0.1, 0.15) is 0 Å². The zero-order valence-electron chi connectivity index (χ0n) is 6.40. The van der Waals surface area contributed by atoms with Gasteiger partial charge in [0.25, 0.3) is 0 Å². The summed E-state index contributed by atoms with van der Waals surface area (Å²) >= 11 is 0. The van der Waals surface area contributed by atoms with Crippen molar-refractivity contribution in [3.63, 3.8) is 0 Å². The van der Waals surface area contributed by atoms with Gasteiger partial charge in [-0.2, -0.15) is 0 Å². The minimum absolute atomic E-state index is 0. The number of hydrogen-bond acceptors (Lipinski definition) is 8. The largest absolute Gasteiger partial charge is 2.00 e. The quantitative estimate of drug-likeness (QED) is 0.238. The third-order valence-electron chi connectivity index (χ3n) is 0. The molecule has 0 saturated carbocycles. The van der Waals surface area contributed by atoms with Gasteiger partial charge in [-0.1, -0.05) is 0 Å². The van der Waals surface area contributed by atoms with Gasteiger partial charge in [-0.25, -0.2) is 0 Å². The van der Waals surface area contributed by atoms with E-state index in [1.165, 1.54) is 0 Å². The van der Waals surface area contributed by atoms with Crippen LogP contribution in [0.1, 0.15) is 0 Å². The molecule has 0 saturated heterocycles. The molecule has 13 heteroatoms. The Hall–Kier alpha value is 2.40. The van der Waals surface area contributed by atoms with Crippen LogP contribution in [0.5, 0.6) is 0 Å².